The second-order valence-electron chi connectivity index (χ2n) is 6.31. The summed E-state index contributed by atoms with van der Waals surface area (Å²) in [4.78, 5) is 12.0. The molecular weight excluding hydrogens is 389 g/mol. The van der Waals surface area contributed by atoms with E-state index in [1.54, 1.807) is 23.8 Å². The number of amides is 1. The minimum Gasteiger partial charge on any atom is -0.497 e. The van der Waals surface area contributed by atoms with E-state index >= 15 is 0 Å². The molecule has 0 atom stereocenters. The molecular formula is C21H18FN5O3. The fourth-order valence-corrected chi connectivity index (χ4v) is 2.81. The van der Waals surface area contributed by atoms with Gasteiger partial charge in [0.25, 0.3) is 5.91 Å². The average molecular weight is 407 g/mol. The predicted octanol–water partition coefficient (Wildman–Crippen LogP) is 2.75. The first-order chi connectivity index (χ1) is 14.6. The number of nitrogens with one attached hydrogen (secondary N) is 1. The summed E-state index contributed by atoms with van der Waals surface area (Å²) in [6.45, 7) is 0.475. The van der Waals surface area contributed by atoms with Gasteiger partial charge in [0.05, 0.1) is 13.7 Å². The van der Waals surface area contributed by atoms with E-state index in [2.05, 4.69) is 20.6 Å². The summed E-state index contributed by atoms with van der Waals surface area (Å²) in [5.41, 5.74) is 1.76. The molecule has 0 aliphatic carbocycles. The third kappa shape index (κ3) is 4.19. The Morgan fingerprint density at radius 3 is 2.73 bits per heavy atom. The molecule has 0 spiro atoms. The van der Waals surface area contributed by atoms with Gasteiger partial charge in [0, 0.05) is 17.2 Å². The highest BCUT2D eigenvalue weighted by Crippen LogP contribution is 2.23. The average Bonchev–Trinajstić information content (AvgIpc) is 3.20. The molecule has 4 rings (SSSR count). The number of hydrogen-bond donors (Lipinski definition) is 1. The number of rotatable bonds is 7. The second kappa shape index (κ2) is 8.56. The van der Waals surface area contributed by atoms with Crippen molar-refractivity contribution in [3.63, 3.8) is 0 Å². The molecule has 0 saturated heterocycles. The molecule has 1 N–H and O–H groups in total. The van der Waals surface area contributed by atoms with Crippen molar-refractivity contribution in [2.45, 2.75) is 0 Å². The second-order valence-corrected chi connectivity index (χ2v) is 6.31. The van der Waals surface area contributed by atoms with Crippen molar-refractivity contribution >= 4 is 11.6 Å². The minimum absolute atomic E-state index is 0.210. The maximum Gasteiger partial charge on any atom is 0.251 e. The van der Waals surface area contributed by atoms with Crippen molar-refractivity contribution in [3.05, 3.63) is 72.0 Å². The Kier molecular flexibility index (Phi) is 5.51. The molecule has 0 saturated carbocycles. The van der Waals surface area contributed by atoms with Gasteiger partial charge in [-0.25, -0.2) is 4.39 Å². The minimum atomic E-state index is -0.390. The van der Waals surface area contributed by atoms with Crippen LogP contribution in [0.5, 0.6) is 11.6 Å². The van der Waals surface area contributed by atoms with Crippen LogP contribution in [0.15, 0.2) is 60.7 Å². The summed E-state index contributed by atoms with van der Waals surface area (Å²) in [5.74, 6) is 0.926. The largest absolute Gasteiger partial charge is 0.497 e. The Morgan fingerprint density at radius 2 is 1.93 bits per heavy atom. The Balaban J connectivity index is 1.41. The van der Waals surface area contributed by atoms with Crippen molar-refractivity contribution in [1.29, 1.82) is 0 Å². The molecule has 0 bridgehead atoms. The lowest BCUT2D eigenvalue weighted by Crippen LogP contribution is -2.28. The first kappa shape index (κ1) is 19.3. The van der Waals surface area contributed by atoms with Crippen molar-refractivity contribution < 1.29 is 18.7 Å². The molecule has 30 heavy (non-hydrogen) atoms. The standard InChI is InChI=1S/C21H18FN5O3/c1-29-17-4-2-3-15(13-17)20-25-24-18-9-10-19(26-27(18)20)30-12-11-23-21(28)14-5-7-16(22)8-6-14/h2-10,13H,11-12H2,1H3,(H,23,28). The number of hydrogen-bond acceptors (Lipinski definition) is 6. The quantitative estimate of drug-likeness (QED) is 0.474. The van der Waals surface area contributed by atoms with E-state index < -0.39 is 5.82 Å². The van der Waals surface area contributed by atoms with Crippen LogP contribution < -0.4 is 14.8 Å². The van der Waals surface area contributed by atoms with Gasteiger partial charge in [-0.05, 0) is 42.5 Å². The number of carbonyl (C=O) groups excluding carboxylic acids is 1. The van der Waals surface area contributed by atoms with Gasteiger partial charge in [-0.2, -0.15) is 4.52 Å². The summed E-state index contributed by atoms with van der Waals surface area (Å²) >= 11 is 0. The molecule has 0 aliphatic rings. The van der Waals surface area contributed by atoms with Crippen LogP contribution in [-0.2, 0) is 0 Å². The van der Waals surface area contributed by atoms with Gasteiger partial charge in [-0.1, -0.05) is 12.1 Å². The van der Waals surface area contributed by atoms with Gasteiger partial charge >= 0.3 is 0 Å². The van der Waals surface area contributed by atoms with Crippen LogP contribution in [0.1, 0.15) is 10.4 Å². The number of methoxy groups -OCH3 is 1. The molecule has 0 aliphatic heterocycles. The van der Waals surface area contributed by atoms with Crippen LogP contribution in [0, 0.1) is 5.82 Å². The lowest BCUT2D eigenvalue weighted by Gasteiger charge is -2.08. The zero-order chi connectivity index (χ0) is 20.9. The number of benzene rings is 2. The highest BCUT2D eigenvalue weighted by atomic mass is 19.1. The van der Waals surface area contributed by atoms with E-state index in [-0.39, 0.29) is 19.1 Å². The van der Waals surface area contributed by atoms with E-state index in [0.717, 1.165) is 5.56 Å². The van der Waals surface area contributed by atoms with E-state index in [4.69, 9.17) is 9.47 Å². The van der Waals surface area contributed by atoms with Crippen molar-refractivity contribution in [2.24, 2.45) is 0 Å². The molecule has 0 fully saturated rings. The Bertz CT molecular complexity index is 1180. The molecule has 2 aromatic carbocycles. The summed E-state index contributed by atoms with van der Waals surface area (Å²) in [6, 6.07) is 16.2. The molecule has 2 aromatic heterocycles. The van der Waals surface area contributed by atoms with Crippen LogP contribution >= 0.6 is 0 Å². The van der Waals surface area contributed by atoms with Gasteiger partial charge < -0.3 is 14.8 Å². The predicted molar refractivity (Wildman–Crippen MR) is 107 cm³/mol. The smallest absolute Gasteiger partial charge is 0.251 e. The van der Waals surface area contributed by atoms with E-state index in [9.17, 15) is 9.18 Å². The van der Waals surface area contributed by atoms with E-state index in [0.29, 0.717) is 28.7 Å². The van der Waals surface area contributed by atoms with Gasteiger partial charge in [0.15, 0.2) is 11.5 Å². The van der Waals surface area contributed by atoms with E-state index in [1.807, 2.05) is 24.3 Å². The lowest BCUT2D eigenvalue weighted by atomic mass is 10.2. The molecule has 0 radical (unpaired) electrons. The number of ether oxygens (including phenoxy) is 2. The molecule has 8 nitrogen and oxygen atoms in total. The molecule has 1 amide bonds. The molecule has 2 heterocycles. The van der Waals surface area contributed by atoms with Crippen molar-refractivity contribution in [1.82, 2.24) is 25.1 Å². The highest BCUT2D eigenvalue weighted by Gasteiger charge is 2.11. The van der Waals surface area contributed by atoms with Crippen LogP contribution in [0.25, 0.3) is 17.0 Å². The molecule has 0 unspecified atom stereocenters. The number of nitrogens with zero attached hydrogens (tertiary/aromatic N) is 4. The monoisotopic (exact) mass is 407 g/mol. The Morgan fingerprint density at radius 1 is 1.10 bits per heavy atom. The zero-order valence-electron chi connectivity index (χ0n) is 16.1. The maximum atomic E-state index is 12.9. The summed E-state index contributed by atoms with van der Waals surface area (Å²) < 4.78 is 25.4. The highest BCUT2D eigenvalue weighted by molar-refractivity contribution is 5.94. The summed E-state index contributed by atoms with van der Waals surface area (Å²) in [7, 11) is 1.60. The number of aromatic nitrogens is 4. The number of halogens is 1. The zero-order valence-corrected chi connectivity index (χ0v) is 16.1. The lowest BCUT2D eigenvalue weighted by molar-refractivity contribution is 0.0946. The van der Waals surface area contributed by atoms with Crippen LogP contribution in [0.3, 0.4) is 0 Å². The van der Waals surface area contributed by atoms with E-state index in [1.165, 1.54) is 24.3 Å². The van der Waals surface area contributed by atoms with Crippen molar-refractivity contribution in [2.75, 3.05) is 20.3 Å². The van der Waals surface area contributed by atoms with Gasteiger partial charge in [0.2, 0.25) is 5.88 Å². The topological polar surface area (TPSA) is 90.6 Å². The third-order valence-electron chi connectivity index (χ3n) is 4.31. The molecule has 152 valence electrons. The maximum absolute atomic E-state index is 12.9. The third-order valence-corrected chi connectivity index (χ3v) is 4.31. The summed E-state index contributed by atoms with van der Waals surface area (Å²) in [5, 5.41) is 15.5. The van der Waals surface area contributed by atoms with Crippen LogP contribution in [-0.4, -0.2) is 46.0 Å². The number of carbonyl (C=O) groups is 1. The fraction of sp³-hybridized carbons (Fsp3) is 0.143. The summed E-state index contributed by atoms with van der Waals surface area (Å²) in [6.07, 6.45) is 0. The normalized spacial score (nSPS) is 10.7. The fourth-order valence-electron chi connectivity index (χ4n) is 2.81. The van der Waals surface area contributed by atoms with Gasteiger partial charge in [-0.15, -0.1) is 15.3 Å². The first-order valence-corrected chi connectivity index (χ1v) is 9.17. The van der Waals surface area contributed by atoms with Gasteiger partial charge in [-0.3, -0.25) is 4.79 Å². The number of fused-ring (bicyclic) bond motifs is 1. The van der Waals surface area contributed by atoms with Crippen molar-refractivity contribution in [3.8, 4) is 23.0 Å². The van der Waals surface area contributed by atoms with Gasteiger partial charge in [0.1, 0.15) is 18.2 Å². The molecule has 4 aromatic rings. The van der Waals surface area contributed by atoms with Crippen LogP contribution in [0.2, 0.25) is 0 Å². The molecule has 9 heteroatoms. The SMILES string of the molecule is COc1cccc(-c2nnc3ccc(OCCNC(=O)c4ccc(F)cc4)nn23)c1. The first-order valence-electron chi connectivity index (χ1n) is 9.17. The van der Waals surface area contributed by atoms with Crippen LogP contribution in [0.4, 0.5) is 4.39 Å². The Hall–Kier alpha value is -4.01. The Labute approximate surface area is 171 Å².